The van der Waals surface area contributed by atoms with Gasteiger partial charge in [-0.05, 0) is 42.4 Å². The number of benzene rings is 2. The van der Waals surface area contributed by atoms with Gasteiger partial charge in [0, 0.05) is 15.6 Å². The number of rotatable bonds is 4. The fourth-order valence-electron chi connectivity index (χ4n) is 1.94. The Bertz CT molecular complexity index is 616. The first-order valence-electron chi connectivity index (χ1n) is 6.22. The maximum Gasteiger partial charge on any atom is 0.446 e. The summed E-state index contributed by atoms with van der Waals surface area (Å²) in [4.78, 5) is 0.143. The molecule has 0 saturated carbocycles. The van der Waals surface area contributed by atoms with Crippen molar-refractivity contribution >= 4 is 29.1 Å². The Balaban J connectivity index is 2.22. The van der Waals surface area contributed by atoms with Crippen molar-refractivity contribution in [3.8, 4) is 0 Å². The Labute approximate surface area is 130 Å². The van der Waals surface area contributed by atoms with E-state index in [9.17, 15) is 13.2 Å². The highest BCUT2D eigenvalue weighted by atomic mass is 35.5. The summed E-state index contributed by atoms with van der Waals surface area (Å²) in [5.41, 5.74) is -3.04. The first kappa shape index (κ1) is 16.0. The first-order chi connectivity index (χ1) is 9.87. The average molecular weight is 332 g/mol. The molecule has 2 aromatic rings. The number of alkyl halides is 3. The number of thioether (sulfide) groups is 1. The number of nitrogens with one attached hydrogen (secondary N) is 1. The van der Waals surface area contributed by atoms with Crippen molar-refractivity contribution in [3.05, 3.63) is 59.1 Å². The van der Waals surface area contributed by atoms with Gasteiger partial charge >= 0.3 is 5.51 Å². The number of hydrogen-bond acceptors (Lipinski definition) is 2. The fraction of sp³-hybridized carbons (Fsp3) is 0.200. The van der Waals surface area contributed by atoms with E-state index in [0.29, 0.717) is 10.7 Å². The predicted molar refractivity (Wildman–Crippen MR) is 81.8 cm³/mol. The fourth-order valence-corrected chi connectivity index (χ4v) is 2.87. The molecule has 6 heteroatoms. The van der Waals surface area contributed by atoms with Gasteiger partial charge < -0.3 is 5.32 Å². The third-order valence-corrected chi connectivity index (χ3v) is 4.01. The van der Waals surface area contributed by atoms with E-state index < -0.39 is 5.51 Å². The van der Waals surface area contributed by atoms with Gasteiger partial charge in [-0.2, -0.15) is 13.2 Å². The largest absolute Gasteiger partial charge is 0.446 e. The topological polar surface area (TPSA) is 12.0 Å². The second-order valence-electron chi connectivity index (χ2n) is 4.43. The molecular weight excluding hydrogens is 319 g/mol. The van der Waals surface area contributed by atoms with Crippen LogP contribution in [0.3, 0.4) is 0 Å². The molecule has 0 spiro atoms. The molecule has 0 aliphatic carbocycles. The molecule has 1 unspecified atom stereocenters. The molecule has 1 atom stereocenters. The molecule has 1 nitrogen and oxygen atoms in total. The standard InChI is InChI=1S/C15H13ClF3NS/c1-10(11-6-2-3-7-12(11)16)20-13-8-4-5-9-14(13)21-15(17,18)19/h2-10,20H,1H3. The van der Waals surface area contributed by atoms with E-state index in [1.165, 1.54) is 6.07 Å². The van der Waals surface area contributed by atoms with Gasteiger partial charge in [0.2, 0.25) is 0 Å². The smallest absolute Gasteiger partial charge is 0.378 e. The van der Waals surface area contributed by atoms with Crippen molar-refractivity contribution < 1.29 is 13.2 Å². The van der Waals surface area contributed by atoms with Crippen molar-refractivity contribution in [2.24, 2.45) is 0 Å². The highest BCUT2D eigenvalue weighted by Gasteiger charge is 2.30. The Hall–Kier alpha value is -1.33. The van der Waals surface area contributed by atoms with Crippen LogP contribution in [0, 0.1) is 0 Å². The van der Waals surface area contributed by atoms with Crippen molar-refractivity contribution in [1.29, 1.82) is 0 Å². The van der Waals surface area contributed by atoms with E-state index in [1.54, 1.807) is 24.3 Å². The first-order valence-corrected chi connectivity index (χ1v) is 7.42. The SMILES string of the molecule is CC(Nc1ccccc1SC(F)(F)F)c1ccccc1Cl. The summed E-state index contributed by atoms with van der Waals surface area (Å²) >= 11 is 5.98. The highest BCUT2D eigenvalue weighted by Crippen LogP contribution is 2.41. The molecule has 0 radical (unpaired) electrons. The van der Waals surface area contributed by atoms with Gasteiger partial charge in [-0.1, -0.05) is 41.9 Å². The molecule has 0 heterocycles. The van der Waals surface area contributed by atoms with E-state index in [1.807, 2.05) is 25.1 Å². The summed E-state index contributed by atoms with van der Waals surface area (Å²) in [5, 5.41) is 3.67. The normalized spacial score (nSPS) is 13.0. The minimum Gasteiger partial charge on any atom is -0.378 e. The summed E-state index contributed by atoms with van der Waals surface area (Å²) in [6, 6.07) is 13.4. The van der Waals surface area contributed by atoms with E-state index in [4.69, 9.17) is 11.6 Å². The van der Waals surface area contributed by atoms with Crippen LogP contribution in [0.2, 0.25) is 5.02 Å². The molecule has 0 saturated heterocycles. The summed E-state index contributed by atoms with van der Waals surface area (Å²) in [6.45, 7) is 1.86. The van der Waals surface area contributed by atoms with E-state index >= 15 is 0 Å². The van der Waals surface area contributed by atoms with Crippen LogP contribution in [0.4, 0.5) is 18.9 Å². The minimum atomic E-state index is -4.31. The monoisotopic (exact) mass is 331 g/mol. The summed E-state index contributed by atoms with van der Waals surface area (Å²) in [6.07, 6.45) is 0. The lowest BCUT2D eigenvalue weighted by atomic mass is 10.1. The zero-order chi connectivity index (χ0) is 15.5. The molecule has 0 amide bonds. The quantitative estimate of drug-likeness (QED) is 0.677. The molecule has 0 aliphatic heterocycles. The third kappa shape index (κ3) is 4.58. The van der Waals surface area contributed by atoms with Gasteiger partial charge in [0.05, 0.1) is 6.04 Å². The molecule has 0 fully saturated rings. The lowest BCUT2D eigenvalue weighted by molar-refractivity contribution is -0.0327. The second kappa shape index (κ2) is 6.62. The van der Waals surface area contributed by atoms with Gasteiger partial charge in [-0.15, -0.1) is 0 Å². The summed E-state index contributed by atoms with van der Waals surface area (Å²) < 4.78 is 37.7. The minimum absolute atomic E-state index is 0.127. The Morgan fingerprint density at radius 3 is 2.33 bits per heavy atom. The van der Waals surface area contributed by atoms with Crippen molar-refractivity contribution in [1.82, 2.24) is 0 Å². The van der Waals surface area contributed by atoms with Crippen LogP contribution < -0.4 is 5.32 Å². The third-order valence-electron chi connectivity index (χ3n) is 2.86. The van der Waals surface area contributed by atoms with Gasteiger partial charge in [0.1, 0.15) is 0 Å². The van der Waals surface area contributed by atoms with Crippen LogP contribution >= 0.6 is 23.4 Å². The molecule has 2 aromatic carbocycles. The number of para-hydroxylation sites is 1. The van der Waals surface area contributed by atoms with Crippen LogP contribution in [0.1, 0.15) is 18.5 Å². The van der Waals surface area contributed by atoms with Crippen LogP contribution in [0.25, 0.3) is 0 Å². The molecule has 0 bridgehead atoms. The average Bonchev–Trinajstić information content (AvgIpc) is 2.40. The van der Waals surface area contributed by atoms with E-state index in [0.717, 1.165) is 5.56 Å². The predicted octanol–water partition coefficient (Wildman–Crippen LogP) is 6.13. The van der Waals surface area contributed by atoms with Gasteiger partial charge in [0.25, 0.3) is 0 Å². The van der Waals surface area contributed by atoms with Crippen molar-refractivity contribution in [2.75, 3.05) is 5.32 Å². The molecule has 21 heavy (non-hydrogen) atoms. The Morgan fingerprint density at radius 2 is 1.67 bits per heavy atom. The maximum atomic E-state index is 12.6. The van der Waals surface area contributed by atoms with Gasteiger partial charge in [-0.3, -0.25) is 0 Å². The van der Waals surface area contributed by atoms with Crippen LogP contribution in [-0.2, 0) is 0 Å². The second-order valence-corrected chi connectivity index (χ2v) is 5.95. The number of hydrogen-bond donors (Lipinski definition) is 1. The summed E-state index contributed by atoms with van der Waals surface area (Å²) in [5.74, 6) is 0. The van der Waals surface area contributed by atoms with Gasteiger partial charge in [0.15, 0.2) is 0 Å². The molecule has 2 rings (SSSR count). The number of halogens is 4. The molecule has 112 valence electrons. The number of anilines is 1. The Kier molecular flexibility index (Phi) is 5.06. The zero-order valence-electron chi connectivity index (χ0n) is 11.1. The lowest BCUT2D eigenvalue weighted by Gasteiger charge is -2.19. The molecule has 0 aromatic heterocycles. The lowest BCUT2D eigenvalue weighted by Crippen LogP contribution is -2.09. The van der Waals surface area contributed by atoms with E-state index in [2.05, 4.69) is 5.32 Å². The Morgan fingerprint density at radius 1 is 1.05 bits per heavy atom. The van der Waals surface area contributed by atoms with Gasteiger partial charge in [-0.25, -0.2) is 0 Å². The van der Waals surface area contributed by atoms with Crippen LogP contribution in [0.5, 0.6) is 0 Å². The van der Waals surface area contributed by atoms with Crippen LogP contribution in [-0.4, -0.2) is 5.51 Å². The highest BCUT2D eigenvalue weighted by molar-refractivity contribution is 8.00. The summed E-state index contributed by atoms with van der Waals surface area (Å²) in [7, 11) is 0. The zero-order valence-corrected chi connectivity index (χ0v) is 12.7. The molecule has 0 aliphatic rings. The van der Waals surface area contributed by atoms with E-state index in [-0.39, 0.29) is 22.7 Å². The maximum absolute atomic E-state index is 12.6. The van der Waals surface area contributed by atoms with Crippen molar-refractivity contribution in [3.63, 3.8) is 0 Å². The molecule has 1 N–H and O–H groups in total. The molecular formula is C15H13ClF3NS. The van der Waals surface area contributed by atoms with Crippen LogP contribution in [0.15, 0.2) is 53.4 Å². The van der Waals surface area contributed by atoms with Crippen molar-refractivity contribution in [2.45, 2.75) is 23.4 Å².